The van der Waals surface area contributed by atoms with Gasteiger partial charge in [-0.25, -0.2) is 4.98 Å². The lowest BCUT2D eigenvalue weighted by Crippen LogP contribution is -2.12. The smallest absolute Gasteiger partial charge is 0.226 e. The van der Waals surface area contributed by atoms with Gasteiger partial charge < -0.3 is 10.1 Å². The zero-order valence-corrected chi connectivity index (χ0v) is 16.9. The van der Waals surface area contributed by atoms with Crippen molar-refractivity contribution >= 4 is 32.6 Å². The lowest BCUT2D eigenvalue weighted by atomic mass is 9.99. The zero-order chi connectivity index (χ0) is 19.2. The molecule has 0 aliphatic heterocycles. The number of fused-ring (bicyclic) bond motifs is 1. The molecule has 0 saturated carbocycles. The third-order valence-electron chi connectivity index (χ3n) is 4.68. The minimum absolute atomic E-state index is 0.0243. The van der Waals surface area contributed by atoms with E-state index < -0.39 is 0 Å². The summed E-state index contributed by atoms with van der Waals surface area (Å²) >= 11 is 1.53. The van der Waals surface area contributed by atoms with Gasteiger partial charge in [0.1, 0.15) is 5.75 Å². The van der Waals surface area contributed by atoms with Gasteiger partial charge in [0.2, 0.25) is 5.91 Å². The molecule has 2 aromatic carbocycles. The maximum atomic E-state index is 12.2. The number of hydrogen-bond acceptors (Lipinski definition) is 4. The second-order valence-corrected chi connectivity index (χ2v) is 7.90. The topological polar surface area (TPSA) is 51.2 Å². The summed E-state index contributed by atoms with van der Waals surface area (Å²) < 4.78 is 6.78. The van der Waals surface area contributed by atoms with Crippen LogP contribution < -0.4 is 10.1 Å². The number of nitrogens with one attached hydrogen (secondary N) is 1. The summed E-state index contributed by atoms with van der Waals surface area (Å²) in [7, 11) is 0. The van der Waals surface area contributed by atoms with E-state index in [4.69, 9.17) is 4.74 Å². The number of benzene rings is 2. The molecule has 4 nitrogen and oxygen atoms in total. The van der Waals surface area contributed by atoms with E-state index in [1.807, 2.05) is 37.3 Å². The molecule has 0 bridgehead atoms. The number of aromatic nitrogens is 1. The van der Waals surface area contributed by atoms with E-state index in [-0.39, 0.29) is 5.91 Å². The Morgan fingerprint density at radius 1 is 1.22 bits per heavy atom. The molecular formula is C22H26N2O2S. The average molecular weight is 383 g/mol. The van der Waals surface area contributed by atoms with Crippen LogP contribution in [0.2, 0.25) is 0 Å². The van der Waals surface area contributed by atoms with Crippen LogP contribution in [-0.4, -0.2) is 17.5 Å². The van der Waals surface area contributed by atoms with Crippen molar-refractivity contribution in [2.24, 2.45) is 0 Å². The van der Waals surface area contributed by atoms with Crippen LogP contribution in [0.1, 0.15) is 50.2 Å². The summed E-state index contributed by atoms with van der Waals surface area (Å²) in [6.07, 6.45) is 2.20. The maximum Gasteiger partial charge on any atom is 0.226 e. The second kappa shape index (κ2) is 9.00. The van der Waals surface area contributed by atoms with Crippen molar-refractivity contribution in [3.05, 3.63) is 53.6 Å². The number of rotatable bonds is 8. The Hall–Kier alpha value is -2.40. The number of hydrogen-bond donors (Lipinski definition) is 1. The summed E-state index contributed by atoms with van der Waals surface area (Å²) in [6.45, 7) is 6.98. The number of carbonyl (C=O) groups is 1. The molecule has 142 valence electrons. The van der Waals surface area contributed by atoms with Gasteiger partial charge in [-0.05, 0) is 55.5 Å². The summed E-state index contributed by atoms with van der Waals surface area (Å²) in [4.78, 5) is 16.7. The molecule has 5 heteroatoms. The van der Waals surface area contributed by atoms with Crippen LogP contribution >= 0.6 is 11.3 Å². The van der Waals surface area contributed by atoms with Crippen molar-refractivity contribution < 1.29 is 9.53 Å². The third-order valence-corrected chi connectivity index (χ3v) is 5.61. The number of aryl methyl sites for hydroxylation is 1. The molecule has 1 N–H and O–H groups in total. The minimum Gasteiger partial charge on any atom is -0.494 e. The lowest BCUT2D eigenvalue weighted by Gasteiger charge is -2.07. The van der Waals surface area contributed by atoms with Gasteiger partial charge in [0, 0.05) is 6.42 Å². The summed E-state index contributed by atoms with van der Waals surface area (Å²) in [5.41, 5.74) is 3.46. The van der Waals surface area contributed by atoms with Crippen LogP contribution in [0.25, 0.3) is 10.2 Å². The standard InChI is InChI=1S/C22H26N2O2S/c1-4-16(3)17-9-12-19-20(14-17)27-22(23-19)24-21(25)6-5-13-26-18-10-7-15(2)8-11-18/h7-12,14,16H,4-6,13H2,1-3H3,(H,23,24,25). The summed E-state index contributed by atoms with van der Waals surface area (Å²) in [6, 6.07) is 14.3. The van der Waals surface area contributed by atoms with E-state index in [1.165, 1.54) is 22.5 Å². The Morgan fingerprint density at radius 2 is 2.00 bits per heavy atom. The number of thiazole rings is 1. The highest BCUT2D eigenvalue weighted by atomic mass is 32.1. The number of ether oxygens (including phenoxy) is 1. The van der Waals surface area contributed by atoms with E-state index in [0.717, 1.165) is 22.4 Å². The van der Waals surface area contributed by atoms with Crippen LogP contribution in [0.4, 0.5) is 5.13 Å². The van der Waals surface area contributed by atoms with Gasteiger partial charge in [-0.2, -0.15) is 0 Å². The van der Waals surface area contributed by atoms with Crippen molar-refractivity contribution in [3.8, 4) is 5.75 Å². The molecule has 3 aromatic rings. The fraction of sp³-hybridized carbons (Fsp3) is 0.364. The van der Waals surface area contributed by atoms with Gasteiger partial charge in [0.05, 0.1) is 16.8 Å². The van der Waals surface area contributed by atoms with Gasteiger partial charge in [0.15, 0.2) is 5.13 Å². The number of anilines is 1. The largest absolute Gasteiger partial charge is 0.494 e. The molecule has 3 rings (SSSR count). The Morgan fingerprint density at radius 3 is 2.74 bits per heavy atom. The molecule has 0 radical (unpaired) electrons. The average Bonchev–Trinajstić information content (AvgIpc) is 3.07. The molecule has 1 amide bonds. The maximum absolute atomic E-state index is 12.2. The minimum atomic E-state index is -0.0243. The van der Waals surface area contributed by atoms with E-state index in [0.29, 0.717) is 30.5 Å². The first kappa shape index (κ1) is 19.4. The van der Waals surface area contributed by atoms with Gasteiger partial charge in [-0.1, -0.05) is 48.9 Å². The third kappa shape index (κ3) is 5.30. The van der Waals surface area contributed by atoms with E-state index in [1.54, 1.807) is 0 Å². The highest BCUT2D eigenvalue weighted by molar-refractivity contribution is 7.22. The van der Waals surface area contributed by atoms with Crippen LogP contribution in [0, 0.1) is 6.92 Å². The van der Waals surface area contributed by atoms with Crippen LogP contribution in [0.3, 0.4) is 0 Å². The molecule has 1 heterocycles. The Bertz CT molecular complexity index is 902. The molecule has 0 aliphatic carbocycles. The molecule has 27 heavy (non-hydrogen) atoms. The molecule has 1 atom stereocenters. The first-order chi connectivity index (χ1) is 13.0. The van der Waals surface area contributed by atoms with Gasteiger partial charge in [0.25, 0.3) is 0 Å². The highest BCUT2D eigenvalue weighted by Crippen LogP contribution is 2.30. The molecule has 1 aromatic heterocycles. The van der Waals surface area contributed by atoms with Crippen molar-refractivity contribution in [1.82, 2.24) is 4.98 Å². The normalized spacial score (nSPS) is 12.1. The van der Waals surface area contributed by atoms with E-state index >= 15 is 0 Å². The molecule has 0 spiro atoms. The molecule has 1 unspecified atom stereocenters. The predicted octanol–water partition coefficient (Wildman–Crippen LogP) is 5.92. The number of carbonyl (C=O) groups excluding carboxylic acids is 1. The van der Waals surface area contributed by atoms with Gasteiger partial charge >= 0.3 is 0 Å². The fourth-order valence-electron chi connectivity index (χ4n) is 2.78. The zero-order valence-electron chi connectivity index (χ0n) is 16.1. The highest BCUT2D eigenvalue weighted by Gasteiger charge is 2.10. The van der Waals surface area contributed by atoms with Gasteiger partial charge in [-0.3, -0.25) is 4.79 Å². The van der Waals surface area contributed by atoms with Crippen molar-refractivity contribution in [1.29, 1.82) is 0 Å². The van der Waals surface area contributed by atoms with E-state index in [9.17, 15) is 4.79 Å². The predicted molar refractivity (Wildman–Crippen MR) is 113 cm³/mol. The molecule has 0 fully saturated rings. The van der Waals surface area contributed by atoms with Crippen molar-refractivity contribution in [2.45, 2.75) is 46.0 Å². The monoisotopic (exact) mass is 382 g/mol. The fourth-order valence-corrected chi connectivity index (χ4v) is 3.71. The Labute approximate surface area is 164 Å². The van der Waals surface area contributed by atoms with Crippen LogP contribution in [0.5, 0.6) is 5.75 Å². The first-order valence-electron chi connectivity index (χ1n) is 9.45. The second-order valence-electron chi connectivity index (χ2n) is 6.87. The Kier molecular flexibility index (Phi) is 6.45. The first-order valence-corrected chi connectivity index (χ1v) is 10.3. The van der Waals surface area contributed by atoms with E-state index in [2.05, 4.69) is 36.3 Å². The number of nitrogens with zero attached hydrogens (tertiary/aromatic N) is 1. The van der Waals surface area contributed by atoms with Crippen molar-refractivity contribution in [2.75, 3.05) is 11.9 Å². The lowest BCUT2D eigenvalue weighted by molar-refractivity contribution is -0.116. The van der Waals surface area contributed by atoms with Crippen LogP contribution in [-0.2, 0) is 4.79 Å². The quantitative estimate of drug-likeness (QED) is 0.492. The van der Waals surface area contributed by atoms with Crippen molar-refractivity contribution in [3.63, 3.8) is 0 Å². The molecule has 0 saturated heterocycles. The summed E-state index contributed by atoms with van der Waals surface area (Å²) in [5, 5.41) is 3.58. The van der Waals surface area contributed by atoms with Crippen LogP contribution in [0.15, 0.2) is 42.5 Å². The van der Waals surface area contributed by atoms with Gasteiger partial charge in [-0.15, -0.1) is 0 Å². The Balaban J connectivity index is 1.49. The SMILES string of the molecule is CCC(C)c1ccc2nc(NC(=O)CCCOc3ccc(C)cc3)sc2c1. The summed E-state index contributed by atoms with van der Waals surface area (Å²) in [5.74, 6) is 1.34. The molecule has 0 aliphatic rings. The number of amides is 1. The molecular weight excluding hydrogens is 356 g/mol.